The zero-order valence-electron chi connectivity index (χ0n) is 6.32. The molecule has 0 aromatic carbocycles. The minimum Gasteiger partial charge on any atom is -0.228 e. The molecule has 0 saturated heterocycles. The summed E-state index contributed by atoms with van der Waals surface area (Å²) in [5, 5.41) is 3.19. The fourth-order valence-electron chi connectivity index (χ4n) is 0.705. The Morgan fingerprint density at radius 3 is 2.60 bits per heavy atom. The molecule has 1 aliphatic rings. The van der Waals surface area contributed by atoms with E-state index in [4.69, 9.17) is 6.51 Å². The van der Waals surface area contributed by atoms with Crippen molar-refractivity contribution >= 4 is 10.0 Å². The average Bonchev–Trinajstić information content (AvgIpc) is 1.87. The molecule has 10 heavy (non-hydrogen) atoms. The topological polar surface area (TPSA) is 60.2 Å². The van der Waals surface area contributed by atoms with Gasteiger partial charge in [0.1, 0.15) is 0 Å². The van der Waals surface area contributed by atoms with E-state index < -0.39 is 15.2 Å². The van der Waals surface area contributed by atoms with E-state index in [2.05, 4.69) is 0 Å². The van der Waals surface area contributed by atoms with Gasteiger partial charge in [0.05, 0.1) is 6.60 Å². The van der Waals surface area contributed by atoms with Crippen LogP contribution in [-0.4, -0.2) is 13.6 Å². The zero-order valence-corrected chi connectivity index (χ0v) is 6.14. The first-order valence-corrected chi connectivity index (χ1v) is 4.37. The van der Waals surface area contributed by atoms with Crippen LogP contribution in [0, 0.1) is 0 Å². The highest BCUT2D eigenvalue weighted by Crippen LogP contribution is 2.09. The number of sulfonamides is 1. The van der Waals surface area contributed by atoms with Crippen LogP contribution in [0.2, 0.25) is 0 Å². The Balaban J connectivity index is 3.04. The lowest BCUT2D eigenvalue weighted by atomic mass is 10.2. The van der Waals surface area contributed by atoms with Gasteiger partial charge in [-0.2, -0.15) is 0 Å². The van der Waals surface area contributed by atoms with Gasteiger partial charge in [-0.05, 0) is 6.42 Å². The van der Waals surface area contributed by atoms with Crippen LogP contribution in [0.15, 0.2) is 24.3 Å². The van der Waals surface area contributed by atoms with E-state index in [1.54, 1.807) is 12.2 Å². The molecule has 1 rings (SSSR count). The number of allylic oxidation sites excluding steroid dienone is 3. The molecule has 1 unspecified atom stereocenters. The van der Waals surface area contributed by atoms with E-state index in [1.165, 1.54) is 12.2 Å². The van der Waals surface area contributed by atoms with Crippen molar-refractivity contribution in [2.24, 2.45) is 5.14 Å². The van der Waals surface area contributed by atoms with E-state index >= 15 is 0 Å². The fourth-order valence-corrected chi connectivity index (χ4v) is 1.30. The maximum atomic E-state index is 10.8. The Kier molecular flexibility index (Phi) is 1.56. The van der Waals surface area contributed by atoms with Crippen LogP contribution in [0.1, 0.15) is 7.79 Å². The molecule has 0 bridgehead atoms. The van der Waals surface area contributed by atoms with Crippen LogP contribution in [0.25, 0.3) is 0 Å². The monoisotopic (exact) mass is 160 g/mol. The van der Waals surface area contributed by atoms with Gasteiger partial charge < -0.3 is 0 Å². The van der Waals surface area contributed by atoms with Crippen LogP contribution in [0.4, 0.5) is 0 Å². The summed E-state index contributed by atoms with van der Waals surface area (Å²) in [4.78, 5) is 0. The van der Waals surface area contributed by atoms with Gasteiger partial charge in [0.2, 0.25) is 10.0 Å². The van der Waals surface area contributed by atoms with Crippen molar-refractivity contribution < 1.29 is 9.79 Å². The van der Waals surface area contributed by atoms with Crippen molar-refractivity contribution in [2.45, 2.75) is 11.6 Å². The Morgan fingerprint density at radius 2 is 2.30 bits per heavy atom. The maximum Gasteiger partial charge on any atom is 0.215 e. The first kappa shape index (κ1) is 6.12. The summed E-state index contributed by atoms with van der Waals surface area (Å²) >= 11 is 0. The lowest BCUT2D eigenvalue weighted by Gasteiger charge is -2.08. The largest absolute Gasteiger partial charge is 0.228 e. The highest BCUT2D eigenvalue weighted by atomic mass is 32.2. The minimum atomic E-state index is -3.80. The molecule has 0 saturated carbocycles. The molecule has 0 amide bonds. The third-order valence-corrected chi connectivity index (χ3v) is 2.25. The normalized spacial score (nSPS) is 33.9. The smallest absolute Gasteiger partial charge is 0.215 e. The van der Waals surface area contributed by atoms with Gasteiger partial charge in [-0.1, -0.05) is 24.3 Å². The summed E-state index contributed by atoms with van der Waals surface area (Å²) in [6, 6.07) is 0. The molecular weight excluding hydrogens is 150 g/mol. The molecule has 1 atom stereocenters. The van der Waals surface area contributed by atoms with Gasteiger partial charge in [0.15, 0.2) is 0 Å². The summed E-state index contributed by atoms with van der Waals surface area (Å²) in [5.74, 6) is 0. The van der Waals surface area contributed by atoms with E-state index in [0.29, 0.717) is 0 Å². The second-order valence-electron chi connectivity index (χ2n) is 2.00. The van der Waals surface area contributed by atoms with Gasteiger partial charge >= 0.3 is 0 Å². The van der Waals surface area contributed by atoms with Crippen LogP contribution in [0.5, 0.6) is 0 Å². The quantitative estimate of drug-likeness (QED) is 0.594. The van der Waals surface area contributed by atoms with Gasteiger partial charge in [-0.25, -0.2) is 13.6 Å². The number of nitrogens with two attached hydrogens (primary N) is 1. The molecule has 0 spiro atoms. The number of hydrogen-bond acceptors (Lipinski definition) is 2. The van der Waals surface area contributed by atoms with Gasteiger partial charge in [0, 0.05) is 0 Å². The van der Waals surface area contributed by atoms with Gasteiger partial charge in [0.25, 0.3) is 0 Å². The Labute approximate surface area is 61.7 Å². The van der Waals surface area contributed by atoms with Crippen molar-refractivity contribution in [3.63, 3.8) is 0 Å². The predicted molar refractivity (Wildman–Crippen MR) is 39.8 cm³/mol. The number of rotatable bonds is 1. The Hall–Kier alpha value is -0.610. The van der Waals surface area contributed by atoms with Crippen molar-refractivity contribution in [1.82, 2.24) is 0 Å². The summed E-state index contributed by atoms with van der Waals surface area (Å²) in [7, 11) is -3.80. The van der Waals surface area contributed by atoms with Crippen molar-refractivity contribution in [2.75, 3.05) is 0 Å². The highest BCUT2D eigenvalue weighted by Gasteiger charge is 2.17. The second-order valence-corrected chi connectivity index (χ2v) is 3.62. The molecule has 1 aliphatic carbocycles. The molecule has 4 heteroatoms. The van der Waals surface area contributed by atoms with Crippen molar-refractivity contribution in [3.8, 4) is 0 Å². The van der Waals surface area contributed by atoms with Crippen LogP contribution in [0.3, 0.4) is 0 Å². The zero-order chi connectivity index (χ0) is 8.54. The van der Waals surface area contributed by atoms with Gasteiger partial charge in [-0.3, -0.25) is 0 Å². The molecule has 0 fully saturated rings. The molecule has 2 N–H and O–H groups in total. The molecule has 56 valence electrons. The van der Waals surface area contributed by atoms with E-state index in [-0.39, 0.29) is 6.42 Å². The number of hydrogen-bond donors (Lipinski definition) is 1. The Morgan fingerprint density at radius 1 is 1.60 bits per heavy atom. The lowest BCUT2D eigenvalue weighted by molar-refractivity contribution is 0.590. The molecule has 0 aromatic rings. The first-order valence-electron chi connectivity index (χ1n) is 3.32. The molecular formula is C6H9NO2S. The summed E-state index contributed by atoms with van der Waals surface area (Å²) in [5.41, 5.74) is 0. The fraction of sp³-hybridized carbons (Fsp3) is 0.333. The predicted octanol–water partition coefficient (Wildman–Crippen LogP) is 0.160. The maximum absolute atomic E-state index is 10.8. The van der Waals surface area contributed by atoms with Crippen molar-refractivity contribution in [1.29, 1.82) is 0 Å². The molecule has 3 nitrogen and oxygen atoms in total. The van der Waals surface area contributed by atoms with E-state index in [0.717, 1.165) is 0 Å². The average molecular weight is 160 g/mol. The lowest BCUT2D eigenvalue weighted by Crippen LogP contribution is -2.26. The summed E-state index contributed by atoms with van der Waals surface area (Å²) in [6.07, 6.45) is 6.22. The number of primary sulfonamides is 1. The van der Waals surface area contributed by atoms with E-state index in [1.807, 2.05) is 0 Å². The standard InChI is InChI=1S/C6H9NO2S/c7-10(8,9)6-4-2-1-3-5-6/h1-4,6H,5H2,(H2,7,8,9)/i6D. The third-order valence-electron chi connectivity index (χ3n) is 1.21. The third kappa shape index (κ3) is 1.68. The van der Waals surface area contributed by atoms with E-state index in [9.17, 15) is 8.42 Å². The Bertz CT molecular complexity index is 307. The second kappa shape index (κ2) is 2.56. The summed E-state index contributed by atoms with van der Waals surface area (Å²) < 4.78 is 29.0. The minimum absolute atomic E-state index is 0.127. The van der Waals surface area contributed by atoms with Crippen molar-refractivity contribution in [3.05, 3.63) is 24.3 Å². The van der Waals surface area contributed by atoms with Crippen LogP contribution in [-0.2, 0) is 10.0 Å². The van der Waals surface area contributed by atoms with Gasteiger partial charge in [-0.15, -0.1) is 0 Å². The highest BCUT2D eigenvalue weighted by molar-refractivity contribution is 7.89. The SMILES string of the molecule is [2H]C1(S(N)(=O)=O)C=CC=CC1. The van der Waals surface area contributed by atoms with Crippen LogP contribution < -0.4 is 5.14 Å². The molecule has 0 aromatic heterocycles. The molecule has 0 heterocycles. The first-order chi connectivity index (χ1) is 4.96. The summed E-state index contributed by atoms with van der Waals surface area (Å²) in [6.45, 7) is 0. The molecule has 0 aliphatic heterocycles. The molecule has 0 radical (unpaired) electrons. The van der Waals surface area contributed by atoms with Crippen LogP contribution >= 0.6 is 0 Å².